The number of halogens is 1. The molecule has 0 saturated heterocycles. The van der Waals surface area contributed by atoms with Gasteiger partial charge < -0.3 is 4.90 Å². The highest BCUT2D eigenvalue weighted by Crippen LogP contribution is 2.46. The molecule has 0 saturated carbocycles. The van der Waals surface area contributed by atoms with Crippen molar-refractivity contribution in [2.75, 3.05) is 13.1 Å². The first-order valence-corrected chi connectivity index (χ1v) is 8.29. The van der Waals surface area contributed by atoms with Gasteiger partial charge >= 0.3 is 0 Å². The second-order valence-electron chi connectivity index (χ2n) is 5.81. The number of amidine groups is 1. The minimum Gasteiger partial charge on any atom is -0.318 e. The molecule has 0 N–H and O–H groups in total. The maximum absolute atomic E-state index is 4.65. The summed E-state index contributed by atoms with van der Waals surface area (Å²) in [7, 11) is 0. The minimum atomic E-state index is 0. The van der Waals surface area contributed by atoms with E-state index in [1.807, 2.05) is 11.8 Å². The van der Waals surface area contributed by atoms with Crippen LogP contribution in [0.15, 0.2) is 52.4 Å². The van der Waals surface area contributed by atoms with Crippen LogP contribution in [0.25, 0.3) is 16.5 Å². The molecule has 0 bridgehead atoms. The lowest BCUT2D eigenvalue weighted by molar-refractivity contribution is 0.641. The van der Waals surface area contributed by atoms with Gasteiger partial charge in [-0.15, -0.1) is 17.0 Å². The number of hydrogen-bond acceptors (Lipinski definition) is 3. The zero-order chi connectivity index (χ0) is 14.4. The molecule has 22 heavy (non-hydrogen) atoms. The van der Waals surface area contributed by atoms with Crippen LogP contribution < -0.4 is 0 Å². The SMILES string of the molecule is Br.CC(C)C1=C(c2cccc3ccccc23)N2CCN=C2S1. The summed E-state index contributed by atoms with van der Waals surface area (Å²) >= 11 is 1.86. The van der Waals surface area contributed by atoms with Crippen molar-refractivity contribution in [1.29, 1.82) is 0 Å². The van der Waals surface area contributed by atoms with Gasteiger partial charge in [-0.05, 0) is 16.7 Å². The molecule has 2 aromatic carbocycles. The highest BCUT2D eigenvalue weighted by molar-refractivity contribution is 8.93. The molecular formula is C18H19BrN2S. The zero-order valence-corrected chi connectivity index (χ0v) is 15.3. The van der Waals surface area contributed by atoms with Gasteiger partial charge in [0.25, 0.3) is 0 Å². The fraction of sp³-hybridized carbons (Fsp3) is 0.278. The first-order chi connectivity index (χ1) is 10.3. The monoisotopic (exact) mass is 374 g/mol. The van der Waals surface area contributed by atoms with Gasteiger partial charge in [0.15, 0.2) is 5.17 Å². The van der Waals surface area contributed by atoms with Gasteiger partial charge in [0.05, 0.1) is 12.2 Å². The number of thioether (sulfide) groups is 1. The van der Waals surface area contributed by atoms with Gasteiger partial charge in [0.1, 0.15) is 0 Å². The summed E-state index contributed by atoms with van der Waals surface area (Å²) in [6, 6.07) is 15.3. The molecule has 0 aliphatic carbocycles. The quantitative estimate of drug-likeness (QED) is 0.721. The largest absolute Gasteiger partial charge is 0.318 e. The summed E-state index contributed by atoms with van der Waals surface area (Å²) in [5, 5.41) is 3.82. The molecule has 0 radical (unpaired) electrons. The van der Waals surface area contributed by atoms with Crippen molar-refractivity contribution in [3.63, 3.8) is 0 Å². The lowest BCUT2D eigenvalue weighted by atomic mass is 9.99. The summed E-state index contributed by atoms with van der Waals surface area (Å²) in [6.45, 7) is 6.48. The Balaban J connectivity index is 0.00000144. The van der Waals surface area contributed by atoms with Gasteiger partial charge in [-0.25, -0.2) is 0 Å². The van der Waals surface area contributed by atoms with Crippen molar-refractivity contribution in [2.24, 2.45) is 10.9 Å². The topological polar surface area (TPSA) is 15.6 Å². The van der Waals surface area contributed by atoms with Gasteiger partial charge in [-0.3, -0.25) is 4.99 Å². The number of benzene rings is 2. The molecule has 2 aromatic rings. The van der Waals surface area contributed by atoms with Crippen LogP contribution in [0.2, 0.25) is 0 Å². The van der Waals surface area contributed by atoms with Gasteiger partial charge in [-0.1, -0.05) is 68.1 Å². The molecule has 0 unspecified atom stereocenters. The average Bonchev–Trinajstić information content (AvgIpc) is 3.07. The molecule has 0 spiro atoms. The fourth-order valence-electron chi connectivity index (χ4n) is 3.10. The smallest absolute Gasteiger partial charge is 0.168 e. The van der Waals surface area contributed by atoms with Gasteiger partial charge in [-0.2, -0.15) is 0 Å². The van der Waals surface area contributed by atoms with E-state index in [0.29, 0.717) is 5.92 Å². The van der Waals surface area contributed by atoms with E-state index in [1.165, 1.54) is 32.1 Å². The molecule has 0 fully saturated rings. The third kappa shape index (κ3) is 2.38. The van der Waals surface area contributed by atoms with E-state index >= 15 is 0 Å². The normalized spacial score (nSPS) is 17.0. The van der Waals surface area contributed by atoms with E-state index < -0.39 is 0 Å². The number of rotatable bonds is 2. The molecule has 0 atom stereocenters. The third-order valence-electron chi connectivity index (χ3n) is 4.08. The van der Waals surface area contributed by atoms with E-state index in [0.717, 1.165) is 13.1 Å². The second-order valence-corrected chi connectivity index (χ2v) is 6.82. The molecule has 4 rings (SSSR count). The van der Waals surface area contributed by atoms with E-state index in [1.54, 1.807) is 0 Å². The fourth-order valence-corrected chi connectivity index (χ4v) is 4.30. The number of fused-ring (bicyclic) bond motifs is 2. The van der Waals surface area contributed by atoms with E-state index in [-0.39, 0.29) is 17.0 Å². The molecule has 114 valence electrons. The highest BCUT2D eigenvalue weighted by Gasteiger charge is 2.34. The summed E-state index contributed by atoms with van der Waals surface area (Å²) in [4.78, 5) is 8.50. The lowest BCUT2D eigenvalue weighted by Gasteiger charge is -2.20. The standard InChI is InChI=1S/C18H18N2S.BrH/c1-12(2)17-16(20-11-10-19-18(20)21-17)15-9-5-7-13-6-3-4-8-14(13)15;/h3-9,12H,10-11H2,1-2H3;1H. The van der Waals surface area contributed by atoms with Crippen molar-refractivity contribution < 1.29 is 0 Å². The molecule has 4 heteroatoms. The summed E-state index contributed by atoms with van der Waals surface area (Å²) in [6.07, 6.45) is 0. The second kappa shape index (κ2) is 6.09. The lowest BCUT2D eigenvalue weighted by Crippen LogP contribution is -2.20. The predicted molar refractivity (Wildman–Crippen MR) is 103 cm³/mol. The van der Waals surface area contributed by atoms with Crippen LogP contribution >= 0.6 is 28.7 Å². The molecule has 2 heterocycles. The molecule has 0 aromatic heterocycles. The molecule has 2 aliphatic heterocycles. The maximum Gasteiger partial charge on any atom is 0.168 e. The Morgan fingerprint density at radius 2 is 1.86 bits per heavy atom. The highest BCUT2D eigenvalue weighted by atomic mass is 79.9. The van der Waals surface area contributed by atoms with Crippen LogP contribution in [0.3, 0.4) is 0 Å². The van der Waals surface area contributed by atoms with Crippen molar-refractivity contribution in [1.82, 2.24) is 4.90 Å². The molecule has 2 nitrogen and oxygen atoms in total. The van der Waals surface area contributed by atoms with E-state index in [2.05, 4.69) is 66.2 Å². The number of hydrogen-bond donors (Lipinski definition) is 0. The molecular weight excluding hydrogens is 356 g/mol. The van der Waals surface area contributed by atoms with Gasteiger partial charge in [0, 0.05) is 17.0 Å². The van der Waals surface area contributed by atoms with Crippen LogP contribution in [-0.4, -0.2) is 23.2 Å². The third-order valence-corrected chi connectivity index (χ3v) is 5.49. The molecule has 0 amide bonds. The maximum atomic E-state index is 4.65. The van der Waals surface area contributed by atoms with Crippen LogP contribution in [0.4, 0.5) is 0 Å². The Labute approximate surface area is 146 Å². The van der Waals surface area contributed by atoms with Gasteiger partial charge in [0.2, 0.25) is 0 Å². The van der Waals surface area contributed by atoms with Crippen LogP contribution in [0.1, 0.15) is 19.4 Å². The Bertz CT molecular complexity index is 774. The van der Waals surface area contributed by atoms with Crippen LogP contribution in [0.5, 0.6) is 0 Å². The van der Waals surface area contributed by atoms with E-state index in [4.69, 9.17) is 0 Å². The zero-order valence-electron chi connectivity index (χ0n) is 12.7. The number of aliphatic imine (C=N–C) groups is 1. The Hall–Kier alpha value is -1.26. The van der Waals surface area contributed by atoms with Crippen molar-refractivity contribution in [2.45, 2.75) is 13.8 Å². The van der Waals surface area contributed by atoms with Crippen LogP contribution in [0, 0.1) is 5.92 Å². The number of nitrogens with zero attached hydrogens (tertiary/aromatic N) is 2. The summed E-state index contributed by atoms with van der Waals surface area (Å²) < 4.78 is 0. The minimum absolute atomic E-state index is 0. The van der Waals surface area contributed by atoms with Crippen molar-refractivity contribution in [3.05, 3.63) is 52.9 Å². The summed E-state index contributed by atoms with van der Waals surface area (Å²) in [5.74, 6) is 0.525. The van der Waals surface area contributed by atoms with Crippen LogP contribution in [-0.2, 0) is 0 Å². The first-order valence-electron chi connectivity index (χ1n) is 7.48. The predicted octanol–water partition coefficient (Wildman–Crippen LogP) is 5.16. The van der Waals surface area contributed by atoms with E-state index in [9.17, 15) is 0 Å². The average molecular weight is 375 g/mol. The Morgan fingerprint density at radius 3 is 2.68 bits per heavy atom. The van der Waals surface area contributed by atoms with Crippen molar-refractivity contribution in [3.8, 4) is 0 Å². The first kappa shape index (κ1) is 15.6. The summed E-state index contributed by atoms with van der Waals surface area (Å²) in [5.41, 5.74) is 2.72. The molecule has 2 aliphatic rings. The Kier molecular flexibility index (Phi) is 4.33. The number of allylic oxidation sites excluding steroid dienone is 1. The van der Waals surface area contributed by atoms with Crippen molar-refractivity contribution >= 4 is 50.4 Å². The Morgan fingerprint density at radius 1 is 1.09 bits per heavy atom.